The van der Waals surface area contributed by atoms with Crippen molar-refractivity contribution in [2.45, 2.75) is 18.2 Å². The van der Waals surface area contributed by atoms with Gasteiger partial charge in [-0.1, -0.05) is 31.2 Å². The van der Waals surface area contributed by atoms with Crippen molar-refractivity contribution in [1.82, 2.24) is 4.57 Å². The van der Waals surface area contributed by atoms with Gasteiger partial charge in [0.15, 0.2) is 3.95 Å². The van der Waals surface area contributed by atoms with Crippen LogP contribution in [0.5, 0.6) is 5.88 Å². The molecule has 0 atom stereocenters. The molecule has 0 amide bonds. The van der Waals surface area contributed by atoms with Gasteiger partial charge >= 0.3 is 0 Å². The van der Waals surface area contributed by atoms with E-state index < -0.39 is 0 Å². The fourth-order valence-corrected chi connectivity index (χ4v) is 4.93. The summed E-state index contributed by atoms with van der Waals surface area (Å²) in [7, 11) is 0. The van der Waals surface area contributed by atoms with E-state index in [-0.39, 0.29) is 5.88 Å². The minimum Gasteiger partial charge on any atom is -0.493 e. The minimum atomic E-state index is 0.171. The van der Waals surface area contributed by atoms with Crippen LogP contribution in [0.3, 0.4) is 0 Å². The Morgan fingerprint density at radius 3 is 2.85 bits per heavy atom. The number of hydrogen-bond donors (Lipinski definition) is 1. The van der Waals surface area contributed by atoms with Gasteiger partial charge in [0.05, 0.1) is 16.3 Å². The molecule has 1 N–H and O–H groups in total. The molecular weight excluding hydrogens is 392 g/mol. The maximum Gasteiger partial charge on any atom is 0.215 e. The number of aliphatic imine (C=N–C) groups is 1. The quantitative estimate of drug-likeness (QED) is 0.393. The van der Waals surface area contributed by atoms with E-state index in [1.54, 1.807) is 16.3 Å². The third kappa shape index (κ3) is 3.29. The second-order valence-electron chi connectivity index (χ2n) is 6.12. The molecule has 136 valence electrons. The number of allylic oxidation sites excluding steroid dienone is 1. The summed E-state index contributed by atoms with van der Waals surface area (Å²) in [6, 6.07) is 14.2. The maximum absolute atomic E-state index is 10.8. The van der Waals surface area contributed by atoms with Gasteiger partial charge in [0.2, 0.25) is 5.88 Å². The molecule has 1 aliphatic heterocycles. The SMILES string of the molecule is CCc1cccc2c1N=CC2=Cc1sc(=S)n(-c2cccc(SC)c2)c1O. The van der Waals surface area contributed by atoms with Crippen molar-refractivity contribution in [2.75, 3.05) is 6.26 Å². The molecule has 0 spiro atoms. The molecule has 0 aliphatic carbocycles. The molecule has 27 heavy (non-hydrogen) atoms. The Labute approximate surface area is 171 Å². The average Bonchev–Trinajstić information content (AvgIpc) is 3.22. The summed E-state index contributed by atoms with van der Waals surface area (Å²) >= 11 is 8.60. The highest BCUT2D eigenvalue weighted by molar-refractivity contribution is 7.98. The van der Waals surface area contributed by atoms with Crippen molar-refractivity contribution in [3.8, 4) is 11.6 Å². The molecule has 0 saturated heterocycles. The predicted molar refractivity (Wildman–Crippen MR) is 120 cm³/mol. The highest BCUT2D eigenvalue weighted by Gasteiger charge is 2.18. The van der Waals surface area contributed by atoms with E-state index in [0.29, 0.717) is 3.95 Å². The van der Waals surface area contributed by atoms with Crippen molar-refractivity contribution in [3.63, 3.8) is 0 Å². The number of hydrogen-bond acceptors (Lipinski definition) is 5. The zero-order valence-electron chi connectivity index (χ0n) is 15.0. The van der Waals surface area contributed by atoms with Crippen LogP contribution >= 0.6 is 35.3 Å². The maximum atomic E-state index is 10.8. The van der Waals surface area contributed by atoms with Crippen molar-refractivity contribution < 1.29 is 5.11 Å². The normalized spacial score (nSPS) is 14.1. The standard InChI is InChI=1S/C21H18N2OS3/c1-3-13-6-4-9-17-14(12-22-19(13)17)10-18-20(24)23(21(25)27-18)15-7-5-8-16(11-15)26-2/h4-12,24H,3H2,1-2H3. The first-order valence-electron chi connectivity index (χ1n) is 8.59. The van der Waals surface area contributed by atoms with Gasteiger partial charge in [0.25, 0.3) is 0 Å². The molecule has 2 aromatic carbocycles. The fourth-order valence-electron chi connectivity index (χ4n) is 3.18. The molecule has 0 saturated carbocycles. The second kappa shape index (κ2) is 7.46. The Balaban J connectivity index is 1.79. The van der Waals surface area contributed by atoms with Gasteiger partial charge < -0.3 is 5.11 Å². The largest absolute Gasteiger partial charge is 0.493 e. The van der Waals surface area contributed by atoms with Crippen LogP contribution in [0.4, 0.5) is 5.69 Å². The summed E-state index contributed by atoms with van der Waals surface area (Å²) in [6.07, 6.45) is 6.81. The van der Waals surface area contributed by atoms with Gasteiger partial charge in [-0.15, -0.1) is 23.1 Å². The van der Waals surface area contributed by atoms with Gasteiger partial charge in [0, 0.05) is 22.2 Å². The Kier molecular flexibility index (Phi) is 5.04. The van der Waals surface area contributed by atoms with Crippen LogP contribution in [0.15, 0.2) is 52.4 Å². The van der Waals surface area contributed by atoms with Crippen molar-refractivity contribution >= 4 is 58.9 Å². The van der Waals surface area contributed by atoms with Crippen LogP contribution in [0.1, 0.15) is 22.9 Å². The Hall–Kier alpha value is -2.15. The topological polar surface area (TPSA) is 37.5 Å². The second-order valence-corrected chi connectivity index (χ2v) is 8.67. The molecule has 1 aliphatic rings. The van der Waals surface area contributed by atoms with Crippen molar-refractivity contribution in [1.29, 1.82) is 0 Å². The van der Waals surface area contributed by atoms with Gasteiger partial charge in [-0.3, -0.25) is 9.56 Å². The molecule has 6 heteroatoms. The third-order valence-electron chi connectivity index (χ3n) is 4.55. The molecule has 0 fully saturated rings. The number of para-hydroxylation sites is 1. The number of nitrogens with zero attached hydrogens (tertiary/aromatic N) is 2. The van der Waals surface area contributed by atoms with Crippen molar-refractivity contribution in [2.24, 2.45) is 4.99 Å². The van der Waals surface area contributed by atoms with Crippen LogP contribution in [-0.4, -0.2) is 22.1 Å². The monoisotopic (exact) mass is 410 g/mol. The lowest BCUT2D eigenvalue weighted by Crippen LogP contribution is -1.93. The lowest BCUT2D eigenvalue weighted by Gasteiger charge is -2.06. The highest BCUT2D eigenvalue weighted by atomic mass is 32.2. The predicted octanol–water partition coefficient (Wildman–Crippen LogP) is 6.51. The number of thiazole rings is 1. The number of fused-ring (bicyclic) bond motifs is 1. The molecule has 0 radical (unpaired) electrons. The summed E-state index contributed by atoms with van der Waals surface area (Å²) in [5.41, 5.74) is 5.23. The molecule has 4 rings (SSSR count). The Bertz CT molecular complexity index is 1140. The summed E-state index contributed by atoms with van der Waals surface area (Å²) < 4.78 is 2.34. The summed E-state index contributed by atoms with van der Waals surface area (Å²) in [6.45, 7) is 2.13. The molecule has 0 unspecified atom stereocenters. The van der Waals surface area contributed by atoms with Gasteiger partial charge in [-0.25, -0.2) is 0 Å². The summed E-state index contributed by atoms with van der Waals surface area (Å²) in [5.74, 6) is 0.171. The zero-order valence-corrected chi connectivity index (χ0v) is 17.4. The van der Waals surface area contributed by atoms with E-state index in [1.165, 1.54) is 16.9 Å². The van der Waals surface area contributed by atoms with E-state index in [2.05, 4.69) is 30.1 Å². The van der Waals surface area contributed by atoms with E-state index >= 15 is 0 Å². The van der Waals surface area contributed by atoms with Gasteiger partial charge in [-0.05, 0) is 54.7 Å². The van der Waals surface area contributed by atoms with Gasteiger partial charge in [-0.2, -0.15) is 0 Å². The lowest BCUT2D eigenvalue weighted by atomic mass is 10.0. The molecule has 1 aromatic heterocycles. The first-order valence-corrected chi connectivity index (χ1v) is 11.0. The fraction of sp³-hybridized carbons (Fsp3) is 0.143. The Morgan fingerprint density at radius 2 is 2.07 bits per heavy atom. The highest BCUT2D eigenvalue weighted by Crippen LogP contribution is 2.39. The number of aryl methyl sites for hydroxylation is 1. The van der Waals surface area contributed by atoms with E-state index in [4.69, 9.17) is 12.2 Å². The lowest BCUT2D eigenvalue weighted by molar-refractivity contribution is 0.441. The molecular formula is C21H18N2OS3. The number of benzene rings is 2. The summed E-state index contributed by atoms with van der Waals surface area (Å²) in [4.78, 5) is 6.45. The zero-order chi connectivity index (χ0) is 19.0. The number of thioether (sulfide) groups is 1. The average molecular weight is 411 g/mol. The first-order chi connectivity index (χ1) is 13.1. The minimum absolute atomic E-state index is 0.171. The van der Waals surface area contributed by atoms with E-state index in [9.17, 15) is 5.11 Å². The number of aromatic nitrogens is 1. The van der Waals surface area contributed by atoms with Crippen LogP contribution in [-0.2, 0) is 6.42 Å². The Morgan fingerprint density at radius 1 is 1.26 bits per heavy atom. The van der Waals surface area contributed by atoms with Crippen LogP contribution in [0.2, 0.25) is 0 Å². The van der Waals surface area contributed by atoms with Crippen LogP contribution in [0, 0.1) is 3.95 Å². The molecule has 0 bridgehead atoms. The molecule has 2 heterocycles. The smallest absolute Gasteiger partial charge is 0.215 e. The van der Waals surface area contributed by atoms with Crippen LogP contribution in [0.25, 0.3) is 17.3 Å². The molecule has 3 aromatic rings. The van der Waals surface area contributed by atoms with Crippen LogP contribution < -0.4 is 0 Å². The van der Waals surface area contributed by atoms with E-state index in [0.717, 1.165) is 38.7 Å². The van der Waals surface area contributed by atoms with Crippen molar-refractivity contribution in [3.05, 3.63) is 62.4 Å². The molecule has 3 nitrogen and oxygen atoms in total. The summed E-state index contributed by atoms with van der Waals surface area (Å²) in [5, 5.41) is 10.8. The van der Waals surface area contributed by atoms with E-state index in [1.807, 2.05) is 42.8 Å². The third-order valence-corrected chi connectivity index (χ3v) is 6.59. The number of aromatic hydroxyl groups is 1. The first kappa shape index (κ1) is 18.2. The number of rotatable bonds is 4. The van der Waals surface area contributed by atoms with Gasteiger partial charge in [0.1, 0.15) is 0 Å².